The van der Waals surface area contributed by atoms with Gasteiger partial charge in [-0.1, -0.05) is 19.9 Å². The van der Waals surface area contributed by atoms with Crippen LogP contribution in [0.1, 0.15) is 36.5 Å². The summed E-state index contributed by atoms with van der Waals surface area (Å²) < 4.78 is 13.5. The van der Waals surface area contributed by atoms with Crippen molar-refractivity contribution in [2.45, 2.75) is 26.7 Å². The van der Waals surface area contributed by atoms with Crippen LogP contribution in [0.25, 0.3) is 0 Å². The minimum atomic E-state index is -0.242. The van der Waals surface area contributed by atoms with Gasteiger partial charge < -0.3 is 0 Å². The summed E-state index contributed by atoms with van der Waals surface area (Å²) >= 11 is 0. The second-order valence-corrected chi connectivity index (χ2v) is 3.41. The van der Waals surface area contributed by atoms with E-state index in [1.165, 1.54) is 0 Å². The Balaban J connectivity index is 3.33. The molecule has 1 aromatic carbocycles. The number of hydrogen-bond donors (Lipinski definition) is 0. The molecule has 0 aromatic heterocycles. The maximum Gasteiger partial charge on any atom is 0.130 e. The number of hydrogen-bond acceptors (Lipinski definition) is 1. The molecule has 0 unspecified atom stereocenters. The Morgan fingerprint density at radius 1 is 1.38 bits per heavy atom. The van der Waals surface area contributed by atoms with Gasteiger partial charge in [0.15, 0.2) is 0 Å². The summed E-state index contributed by atoms with van der Waals surface area (Å²) in [5.74, 6) is -0.0829. The first-order chi connectivity index (χ1) is 6.07. The summed E-state index contributed by atoms with van der Waals surface area (Å²) in [6, 6.07) is 5.32. The highest BCUT2D eigenvalue weighted by Gasteiger charge is 2.11. The second-order valence-electron chi connectivity index (χ2n) is 3.41. The van der Waals surface area contributed by atoms with E-state index >= 15 is 0 Å². The third kappa shape index (κ3) is 1.70. The lowest BCUT2D eigenvalue weighted by Crippen LogP contribution is -1.97. The number of nitrogens with zero attached hydrogens (tertiary/aromatic N) is 1. The van der Waals surface area contributed by atoms with Crippen molar-refractivity contribution in [1.29, 1.82) is 5.26 Å². The molecule has 0 radical (unpaired) electrons. The number of halogens is 1. The molecular formula is C11H12FN. The average molecular weight is 177 g/mol. The zero-order chi connectivity index (χ0) is 10.0. The van der Waals surface area contributed by atoms with Crippen LogP contribution in [0.4, 0.5) is 4.39 Å². The van der Waals surface area contributed by atoms with E-state index in [0.717, 1.165) is 0 Å². The van der Waals surface area contributed by atoms with Crippen molar-refractivity contribution in [3.8, 4) is 6.07 Å². The molecule has 13 heavy (non-hydrogen) atoms. The lowest BCUT2D eigenvalue weighted by atomic mass is 9.97. The molecule has 1 aromatic rings. The molecule has 0 aliphatic rings. The molecule has 0 atom stereocenters. The highest BCUT2D eigenvalue weighted by Crippen LogP contribution is 2.22. The molecule has 1 rings (SSSR count). The Morgan fingerprint density at radius 2 is 2.00 bits per heavy atom. The van der Waals surface area contributed by atoms with E-state index in [4.69, 9.17) is 5.26 Å². The molecule has 0 heterocycles. The topological polar surface area (TPSA) is 23.8 Å². The molecule has 0 aliphatic heterocycles. The van der Waals surface area contributed by atoms with Crippen LogP contribution in [0, 0.1) is 24.1 Å². The summed E-state index contributed by atoms with van der Waals surface area (Å²) in [6.45, 7) is 5.51. The largest absolute Gasteiger partial charge is 0.206 e. The predicted octanol–water partition coefficient (Wildman–Crippen LogP) is 3.13. The molecular weight excluding hydrogens is 165 g/mol. The summed E-state index contributed by atoms with van der Waals surface area (Å²) in [6.07, 6.45) is 0. The van der Waals surface area contributed by atoms with Gasteiger partial charge in [-0.05, 0) is 24.5 Å². The minimum Gasteiger partial charge on any atom is -0.206 e. The predicted molar refractivity (Wildman–Crippen MR) is 49.9 cm³/mol. The third-order valence-electron chi connectivity index (χ3n) is 2.16. The molecule has 68 valence electrons. The Labute approximate surface area is 77.8 Å². The number of rotatable bonds is 1. The summed E-state index contributed by atoms with van der Waals surface area (Å²) in [7, 11) is 0. The molecule has 2 heteroatoms. The van der Waals surface area contributed by atoms with Crippen LogP contribution in [0.15, 0.2) is 12.1 Å². The van der Waals surface area contributed by atoms with Gasteiger partial charge in [-0.25, -0.2) is 4.39 Å². The highest BCUT2D eigenvalue weighted by atomic mass is 19.1. The van der Waals surface area contributed by atoms with Gasteiger partial charge >= 0.3 is 0 Å². The maximum absolute atomic E-state index is 13.5. The summed E-state index contributed by atoms with van der Waals surface area (Å²) in [4.78, 5) is 0. The molecule has 1 nitrogen and oxygen atoms in total. The molecule has 0 amide bonds. The number of benzene rings is 1. The molecule has 0 N–H and O–H groups in total. The van der Waals surface area contributed by atoms with E-state index in [1.807, 2.05) is 19.9 Å². The Morgan fingerprint density at radius 3 is 2.46 bits per heavy atom. The van der Waals surface area contributed by atoms with Crippen molar-refractivity contribution in [2.75, 3.05) is 0 Å². The number of nitriles is 1. The first-order valence-electron chi connectivity index (χ1n) is 4.27. The van der Waals surface area contributed by atoms with Crippen LogP contribution in [-0.2, 0) is 0 Å². The summed E-state index contributed by atoms with van der Waals surface area (Å²) in [5.41, 5.74) is 1.55. The zero-order valence-corrected chi connectivity index (χ0v) is 8.06. The van der Waals surface area contributed by atoms with Gasteiger partial charge in [0.2, 0.25) is 0 Å². The lowest BCUT2D eigenvalue weighted by molar-refractivity contribution is 0.589. The fraction of sp³-hybridized carbons (Fsp3) is 0.364. The van der Waals surface area contributed by atoms with Crippen LogP contribution in [0.2, 0.25) is 0 Å². The average Bonchev–Trinajstić information content (AvgIpc) is 2.09. The van der Waals surface area contributed by atoms with Crippen LogP contribution in [-0.4, -0.2) is 0 Å². The highest BCUT2D eigenvalue weighted by molar-refractivity contribution is 5.41. The molecule has 0 spiro atoms. The van der Waals surface area contributed by atoms with E-state index in [-0.39, 0.29) is 11.7 Å². The fourth-order valence-corrected chi connectivity index (χ4v) is 1.27. The zero-order valence-electron chi connectivity index (χ0n) is 8.06. The molecule has 0 aliphatic carbocycles. The van der Waals surface area contributed by atoms with Crippen molar-refractivity contribution in [3.63, 3.8) is 0 Å². The quantitative estimate of drug-likeness (QED) is 0.646. The van der Waals surface area contributed by atoms with Crippen LogP contribution >= 0.6 is 0 Å². The van der Waals surface area contributed by atoms with E-state index in [1.54, 1.807) is 19.1 Å². The molecule has 0 fully saturated rings. The molecule has 0 saturated carbocycles. The van der Waals surface area contributed by atoms with Gasteiger partial charge in [-0.15, -0.1) is 0 Å². The molecule has 0 bridgehead atoms. The minimum absolute atomic E-state index is 0.159. The van der Waals surface area contributed by atoms with Crippen molar-refractivity contribution >= 4 is 0 Å². The second kappa shape index (κ2) is 3.57. The van der Waals surface area contributed by atoms with Crippen molar-refractivity contribution in [3.05, 3.63) is 34.6 Å². The normalized spacial score (nSPS) is 10.2. The maximum atomic E-state index is 13.5. The van der Waals surface area contributed by atoms with Crippen LogP contribution in [0.5, 0.6) is 0 Å². The van der Waals surface area contributed by atoms with E-state index in [9.17, 15) is 4.39 Å². The van der Waals surface area contributed by atoms with E-state index in [0.29, 0.717) is 16.7 Å². The van der Waals surface area contributed by atoms with Crippen LogP contribution in [0.3, 0.4) is 0 Å². The standard InChI is InChI=1S/C11H12FN/c1-7(2)10-5-4-9(6-13)8(3)11(10)12/h4-5,7H,1-3H3. The van der Waals surface area contributed by atoms with Gasteiger partial charge in [0.25, 0.3) is 0 Å². The van der Waals surface area contributed by atoms with Crippen molar-refractivity contribution in [2.24, 2.45) is 0 Å². The smallest absolute Gasteiger partial charge is 0.130 e. The van der Waals surface area contributed by atoms with E-state index in [2.05, 4.69) is 0 Å². The lowest BCUT2D eigenvalue weighted by Gasteiger charge is -2.09. The van der Waals surface area contributed by atoms with Crippen molar-refractivity contribution in [1.82, 2.24) is 0 Å². The third-order valence-corrected chi connectivity index (χ3v) is 2.16. The Bertz CT molecular complexity index is 361. The van der Waals surface area contributed by atoms with Gasteiger partial charge in [-0.2, -0.15) is 5.26 Å². The van der Waals surface area contributed by atoms with Crippen LogP contribution < -0.4 is 0 Å². The van der Waals surface area contributed by atoms with Gasteiger partial charge in [0.05, 0.1) is 11.6 Å². The van der Waals surface area contributed by atoms with Gasteiger partial charge in [-0.3, -0.25) is 0 Å². The first-order valence-corrected chi connectivity index (χ1v) is 4.27. The van der Waals surface area contributed by atoms with Crippen molar-refractivity contribution < 1.29 is 4.39 Å². The summed E-state index contributed by atoms with van der Waals surface area (Å²) in [5, 5.41) is 8.66. The first kappa shape index (κ1) is 9.73. The van der Waals surface area contributed by atoms with Gasteiger partial charge in [0.1, 0.15) is 5.82 Å². The Kier molecular flexibility index (Phi) is 2.67. The fourth-order valence-electron chi connectivity index (χ4n) is 1.27. The molecule has 0 saturated heterocycles. The monoisotopic (exact) mass is 177 g/mol. The Hall–Kier alpha value is -1.36. The SMILES string of the molecule is Cc1c(C#N)ccc(C(C)C)c1F. The van der Waals surface area contributed by atoms with Gasteiger partial charge in [0, 0.05) is 5.56 Å². The van der Waals surface area contributed by atoms with E-state index < -0.39 is 0 Å².